The van der Waals surface area contributed by atoms with Crippen molar-refractivity contribution in [3.8, 4) is 0 Å². The molecule has 0 heterocycles. The van der Waals surface area contributed by atoms with E-state index in [1.54, 1.807) is 6.08 Å². The molecule has 3 heteroatoms. The number of fused-ring (bicyclic) bond motifs is 1. The maximum atomic E-state index is 11.1. The first-order valence-corrected chi connectivity index (χ1v) is 8.25. The number of aliphatic hydroxyl groups excluding tert-OH is 1. The van der Waals surface area contributed by atoms with Gasteiger partial charge < -0.3 is 9.84 Å². The summed E-state index contributed by atoms with van der Waals surface area (Å²) >= 11 is 0. The third-order valence-corrected chi connectivity index (χ3v) is 5.46. The maximum absolute atomic E-state index is 11.1. The average molecular weight is 304 g/mol. The minimum atomic E-state index is -0.339. The Balaban J connectivity index is 2.15. The van der Waals surface area contributed by atoms with Crippen molar-refractivity contribution in [2.24, 2.45) is 35.5 Å². The molecule has 5 unspecified atom stereocenters. The molecule has 1 N–H and O–H groups in total. The summed E-state index contributed by atoms with van der Waals surface area (Å²) in [7, 11) is 1.38. The Morgan fingerprint density at radius 2 is 1.95 bits per heavy atom. The SMILES string of the molecule is COC(=O)/C=C/C=C/C1C(C)C=C[C@H]2CC(C)[C@H](O)C(C)C12. The van der Waals surface area contributed by atoms with E-state index < -0.39 is 0 Å². The van der Waals surface area contributed by atoms with Crippen LogP contribution in [0.25, 0.3) is 0 Å². The van der Waals surface area contributed by atoms with E-state index in [1.165, 1.54) is 13.2 Å². The summed E-state index contributed by atoms with van der Waals surface area (Å²) in [5.74, 6) is 2.17. The highest BCUT2D eigenvalue weighted by atomic mass is 16.5. The highest BCUT2D eigenvalue weighted by Crippen LogP contribution is 2.48. The Bertz CT molecular complexity index is 477. The molecule has 0 aromatic heterocycles. The molecular weight excluding hydrogens is 276 g/mol. The molecule has 2 aliphatic rings. The Kier molecular flexibility index (Phi) is 5.63. The van der Waals surface area contributed by atoms with E-state index in [0.29, 0.717) is 35.5 Å². The number of esters is 1. The summed E-state index contributed by atoms with van der Waals surface area (Å²) in [6.45, 7) is 6.55. The average Bonchev–Trinajstić information content (AvgIpc) is 2.51. The fourth-order valence-corrected chi connectivity index (χ4v) is 4.20. The number of rotatable bonds is 3. The second-order valence-corrected chi connectivity index (χ2v) is 6.89. The van der Waals surface area contributed by atoms with E-state index in [1.807, 2.05) is 6.08 Å². The number of carbonyl (C=O) groups excluding carboxylic acids is 1. The van der Waals surface area contributed by atoms with Crippen LogP contribution in [-0.4, -0.2) is 24.3 Å². The quantitative estimate of drug-likeness (QED) is 0.376. The van der Waals surface area contributed by atoms with E-state index in [0.717, 1.165) is 6.42 Å². The molecule has 2 aliphatic carbocycles. The number of hydrogen-bond donors (Lipinski definition) is 1. The first-order chi connectivity index (χ1) is 10.5. The fraction of sp³-hybridized carbons (Fsp3) is 0.632. The van der Waals surface area contributed by atoms with Crippen LogP contribution in [0, 0.1) is 35.5 Å². The summed E-state index contributed by atoms with van der Waals surface area (Å²) < 4.78 is 4.59. The maximum Gasteiger partial charge on any atom is 0.330 e. The summed E-state index contributed by atoms with van der Waals surface area (Å²) in [6.07, 6.45) is 12.8. The highest BCUT2D eigenvalue weighted by molar-refractivity contribution is 5.82. The van der Waals surface area contributed by atoms with Crippen molar-refractivity contribution >= 4 is 5.97 Å². The van der Waals surface area contributed by atoms with Gasteiger partial charge in [-0.3, -0.25) is 0 Å². The van der Waals surface area contributed by atoms with Crippen molar-refractivity contribution in [3.05, 3.63) is 36.5 Å². The highest BCUT2D eigenvalue weighted by Gasteiger charge is 2.44. The predicted molar refractivity (Wildman–Crippen MR) is 88.0 cm³/mol. The summed E-state index contributed by atoms with van der Waals surface area (Å²) in [5, 5.41) is 10.4. The first-order valence-electron chi connectivity index (χ1n) is 8.25. The van der Waals surface area contributed by atoms with Gasteiger partial charge in [-0.15, -0.1) is 0 Å². The standard InChI is InChI=1S/C19H28O3/c1-12-9-10-15-11-13(2)19(21)14(3)18(15)16(12)7-5-6-8-17(20)22-4/h5-10,12-16,18-19,21H,11H2,1-4H3/b7-5+,8-6+/t12?,13?,14?,15-,16?,18?,19-/m0/s1. The smallest absolute Gasteiger partial charge is 0.330 e. The lowest BCUT2D eigenvalue weighted by atomic mass is 9.58. The van der Waals surface area contributed by atoms with Crippen molar-refractivity contribution in [2.75, 3.05) is 7.11 Å². The molecule has 1 fully saturated rings. The minimum absolute atomic E-state index is 0.221. The van der Waals surface area contributed by atoms with Crippen LogP contribution >= 0.6 is 0 Å². The van der Waals surface area contributed by atoms with Gasteiger partial charge in [0.05, 0.1) is 13.2 Å². The second-order valence-electron chi connectivity index (χ2n) is 6.89. The first kappa shape index (κ1) is 17.0. The van der Waals surface area contributed by atoms with E-state index in [2.05, 4.69) is 43.7 Å². The topological polar surface area (TPSA) is 46.5 Å². The van der Waals surface area contributed by atoms with Gasteiger partial charge in [-0.05, 0) is 41.9 Å². The van der Waals surface area contributed by atoms with Crippen molar-refractivity contribution in [1.29, 1.82) is 0 Å². The number of aliphatic hydroxyl groups is 1. The van der Waals surface area contributed by atoms with Crippen LogP contribution in [-0.2, 0) is 9.53 Å². The number of ether oxygens (including phenoxy) is 1. The molecule has 2 rings (SSSR count). The Morgan fingerprint density at radius 1 is 1.23 bits per heavy atom. The summed E-state index contributed by atoms with van der Waals surface area (Å²) in [4.78, 5) is 11.1. The van der Waals surface area contributed by atoms with Gasteiger partial charge in [0.25, 0.3) is 0 Å². The van der Waals surface area contributed by atoms with Gasteiger partial charge in [0.1, 0.15) is 0 Å². The molecule has 0 aliphatic heterocycles. The molecule has 7 atom stereocenters. The molecule has 0 aromatic carbocycles. The van der Waals surface area contributed by atoms with E-state index in [4.69, 9.17) is 0 Å². The normalized spacial score (nSPS) is 41.8. The Hall–Kier alpha value is -1.35. The lowest BCUT2D eigenvalue weighted by Crippen LogP contribution is -2.46. The van der Waals surface area contributed by atoms with Gasteiger partial charge in [0, 0.05) is 6.08 Å². The third kappa shape index (κ3) is 3.52. The van der Waals surface area contributed by atoms with Crippen LogP contribution < -0.4 is 0 Å². The van der Waals surface area contributed by atoms with Crippen LogP contribution in [0.2, 0.25) is 0 Å². The minimum Gasteiger partial charge on any atom is -0.466 e. The van der Waals surface area contributed by atoms with Crippen molar-refractivity contribution in [1.82, 2.24) is 0 Å². The van der Waals surface area contributed by atoms with Gasteiger partial charge >= 0.3 is 5.97 Å². The van der Waals surface area contributed by atoms with Gasteiger partial charge in [-0.25, -0.2) is 4.79 Å². The van der Waals surface area contributed by atoms with Crippen molar-refractivity contribution < 1.29 is 14.6 Å². The zero-order chi connectivity index (χ0) is 16.3. The molecule has 0 amide bonds. The molecule has 3 nitrogen and oxygen atoms in total. The van der Waals surface area contributed by atoms with E-state index in [-0.39, 0.29) is 12.1 Å². The van der Waals surface area contributed by atoms with Gasteiger partial charge in [0.15, 0.2) is 0 Å². The molecule has 122 valence electrons. The largest absolute Gasteiger partial charge is 0.466 e. The van der Waals surface area contributed by atoms with Gasteiger partial charge in [-0.1, -0.05) is 51.2 Å². The number of hydrogen-bond acceptors (Lipinski definition) is 3. The van der Waals surface area contributed by atoms with Crippen LogP contribution in [0.5, 0.6) is 0 Å². The summed E-state index contributed by atoms with van der Waals surface area (Å²) in [5.41, 5.74) is 0. The lowest BCUT2D eigenvalue weighted by Gasteiger charge is -2.48. The van der Waals surface area contributed by atoms with E-state index in [9.17, 15) is 9.90 Å². The number of carbonyl (C=O) groups is 1. The zero-order valence-corrected chi connectivity index (χ0v) is 14.0. The molecule has 0 saturated heterocycles. The molecule has 1 saturated carbocycles. The van der Waals surface area contributed by atoms with Crippen LogP contribution in [0.1, 0.15) is 27.2 Å². The van der Waals surface area contributed by atoms with Crippen LogP contribution in [0.15, 0.2) is 36.5 Å². The zero-order valence-electron chi connectivity index (χ0n) is 14.0. The van der Waals surface area contributed by atoms with Crippen LogP contribution in [0.4, 0.5) is 0 Å². The molecule has 0 bridgehead atoms. The number of methoxy groups -OCH3 is 1. The lowest BCUT2D eigenvalue weighted by molar-refractivity contribution is -0.134. The molecule has 0 aromatic rings. The molecule has 22 heavy (non-hydrogen) atoms. The summed E-state index contributed by atoms with van der Waals surface area (Å²) in [6, 6.07) is 0. The Labute approximate surface area is 133 Å². The predicted octanol–water partition coefficient (Wildman–Crippen LogP) is 3.36. The number of allylic oxidation sites excluding steroid dienone is 5. The fourth-order valence-electron chi connectivity index (χ4n) is 4.20. The van der Waals surface area contributed by atoms with Gasteiger partial charge in [0.2, 0.25) is 0 Å². The molecule has 0 radical (unpaired) electrons. The Morgan fingerprint density at radius 3 is 2.64 bits per heavy atom. The van der Waals surface area contributed by atoms with Crippen molar-refractivity contribution in [2.45, 2.75) is 33.3 Å². The van der Waals surface area contributed by atoms with Gasteiger partial charge in [-0.2, -0.15) is 0 Å². The van der Waals surface area contributed by atoms with E-state index >= 15 is 0 Å². The third-order valence-electron chi connectivity index (χ3n) is 5.46. The van der Waals surface area contributed by atoms with Crippen molar-refractivity contribution in [3.63, 3.8) is 0 Å². The van der Waals surface area contributed by atoms with Crippen LogP contribution in [0.3, 0.4) is 0 Å². The molecular formula is C19H28O3. The second kappa shape index (κ2) is 7.28. The monoisotopic (exact) mass is 304 g/mol. The molecule has 0 spiro atoms.